The number of ether oxygens (including phenoxy) is 1. The lowest BCUT2D eigenvalue weighted by molar-refractivity contribution is -0.122. The number of carbonyl (C=O) groups excluding carboxylic acids is 4. The Kier molecular flexibility index (Phi) is 6.21. The molecule has 8 heteroatoms. The second-order valence-electron chi connectivity index (χ2n) is 9.20. The number of morpholine rings is 1. The maximum absolute atomic E-state index is 13.0. The number of carbonyl (C=O) groups is 4. The van der Waals surface area contributed by atoms with Crippen LogP contribution in [0.5, 0.6) is 0 Å². The molecule has 2 fully saturated rings. The zero-order valence-electron chi connectivity index (χ0n) is 19.5. The van der Waals surface area contributed by atoms with Gasteiger partial charge in [0.1, 0.15) is 0 Å². The van der Waals surface area contributed by atoms with Crippen molar-refractivity contribution in [1.29, 1.82) is 0 Å². The molecule has 0 saturated carbocycles. The zero-order chi connectivity index (χ0) is 24.5. The smallest absolute Gasteiger partial charge is 0.255 e. The van der Waals surface area contributed by atoms with Crippen LogP contribution < -0.4 is 10.2 Å². The van der Waals surface area contributed by atoms with Crippen LogP contribution in [0.15, 0.2) is 60.2 Å². The Labute approximate surface area is 203 Å². The molecule has 2 heterocycles. The van der Waals surface area contributed by atoms with Gasteiger partial charge in [0.25, 0.3) is 11.8 Å². The van der Waals surface area contributed by atoms with Crippen molar-refractivity contribution < 1.29 is 23.9 Å². The van der Waals surface area contributed by atoms with Gasteiger partial charge in [-0.1, -0.05) is 17.7 Å². The van der Waals surface area contributed by atoms with Crippen LogP contribution in [0.1, 0.15) is 40.5 Å². The van der Waals surface area contributed by atoms with Crippen molar-refractivity contribution in [3.8, 4) is 0 Å². The molecular weight excluding hydrogens is 446 g/mol. The fourth-order valence-electron chi connectivity index (χ4n) is 4.93. The van der Waals surface area contributed by atoms with E-state index >= 15 is 0 Å². The molecule has 0 bridgehead atoms. The Morgan fingerprint density at radius 3 is 2.40 bits per heavy atom. The third-order valence-corrected chi connectivity index (χ3v) is 6.88. The van der Waals surface area contributed by atoms with Gasteiger partial charge in [-0.3, -0.25) is 24.1 Å². The summed E-state index contributed by atoms with van der Waals surface area (Å²) >= 11 is 0. The van der Waals surface area contributed by atoms with Gasteiger partial charge in [-0.25, -0.2) is 0 Å². The van der Waals surface area contributed by atoms with Gasteiger partial charge < -0.3 is 15.0 Å². The number of nitrogens with zero attached hydrogens (tertiary/aromatic N) is 2. The lowest BCUT2D eigenvalue weighted by atomic mass is 9.82. The van der Waals surface area contributed by atoms with Crippen LogP contribution in [0.25, 0.3) is 0 Å². The molecule has 1 N–H and O–H groups in total. The van der Waals surface area contributed by atoms with E-state index in [-0.39, 0.29) is 35.5 Å². The molecule has 5 rings (SSSR count). The maximum atomic E-state index is 13.0. The van der Waals surface area contributed by atoms with Gasteiger partial charge >= 0.3 is 0 Å². The van der Waals surface area contributed by atoms with Crippen molar-refractivity contribution in [1.82, 2.24) is 4.90 Å². The Bertz CT molecular complexity index is 1210. The number of amides is 4. The Hall–Kier alpha value is -3.78. The molecule has 8 nitrogen and oxygen atoms in total. The molecule has 2 saturated heterocycles. The van der Waals surface area contributed by atoms with Gasteiger partial charge in [0.2, 0.25) is 11.8 Å². The molecule has 35 heavy (non-hydrogen) atoms. The number of hydrogen-bond acceptors (Lipinski definition) is 5. The van der Waals surface area contributed by atoms with Gasteiger partial charge in [0.15, 0.2) is 0 Å². The molecule has 180 valence electrons. The summed E-state index contributed by atoms with van der Waals surface area (Å²) in [6.45, 7) is 4.17. The zero-order valence-corrected chi connectivity index (χ0v) is 19.5. The number of hydrogen-bond donors (Lipinski definition) is 1. The number of anilines is 2. The highest BCUT2D eigenvalue weighted by Crippen LogP contribution is 2.39. The Morgan fingerprint density at radius 2 is 1.66 bits per heavy atom. The predicted octanol–water partition coefficient (Wildman–Crippen LogP) is 3.26. The van der Waals surface area contributed by atoms with E-state index < -0.39 is 0 Å². The summed E-state index contributed by atoms with van der Waals surface area (Å²) in [5, 5.41) is 2.82. The van der Waals surface area contributed by atoms with Crippen molar-refractivity contribution in [2.24, 2.45) is 11.8 Å². The average molecular weight is 474 g/mol. The summed E-state index contributed by atoms with van der Waals surface area (Å²) in [5.41, 5.74) is 2.95. The highest BCUT2D eigenvalue weighted by molar-refractivity contribution is 6.22. The summed E-state index contributed by atoms with van der Waals surface area (Å²) in [6, 6.07) is 13.3. The van der Waals surface area contributed by atoms with Crippen molar-refractivity contribution in [3.63, 3.8) is 0 Å². The summed E-state index contributed by atoms with van der Waals surface area (Å²) in [5.74, 6) is -1.50. The van der Waals surface area contributed by atoms with E-state index in [9.17, 15) is 19.2 Å². The third kappa shape index (κ3) is 4.49. The first-order valence-corrected chi connectivity index (χ1v) is 11.8. The van der Waals surface area contributed by atoms with Crippen LogP contribution in [-0.2, 0) is 14.3 Å². The number of allylic oxidation sites excluding steroid dienone is 2. The van der Waals surface area contributed by atoms with Crippen LogP contribution in [0.4, 0.5) is 11.4 Å². The van der Waals surface area contributed by atoms with Crippen molar-refractivity contribution in [3.05, 3.63) is 71.3 Å². The van der Waals surface area contributed by atoms with Crippen LogP contribution in [0, 0.1) is 11.8 Å². The molecular formula is C27H27N3O5. The normalized spacial score (nSPS) is 22.0. The van der Waals surface area contributed by atoms with E-state index in [1.165, 1.54) is 4.90 Å². The summed E-state index contributed by atoms with van der Waals surface area (Å²) < 4.78 is 5.29. The number of imide groups is 1. The SMILES string of the molecule is CC1=CC[C@H]2C(=O)N(c3cccc(C(=O)Nc4ccc(C(=O)N5CCOCC5)cc4)c3)C(=O)[C@@H]2C1. The van der Waals surface area contributed by atoms with Gasteiger partial charge in [-0.05, 0) is 62.2 Å². The summed E-state index contributed by atoms with van der Waals surface area (Å²) in [6.07, 6.45) is 3.19. The first-order chi connectivity index (χ1) is 16.9. The molecule has 0 unspecified atom stereocenters. The largest absolute Gasteiger partial charge is 0.378 e. The van der Waals surface area contributed by atoms with E-state index in [4.69, 9.17) is 4.74 Å². The standard InChI is InChI=1S/C27H27N3O5/c1-17-5-10-22-23(15-17)27(34)30(26(22)33)21-4-2-3-19(16-21)24(31)28-20-8-6-18(7-9-20)25(32)29-11-13-35-14-12-29/h2-9,16,22-23H,10-15H2,1H3,(H,28,31)/t22-,23-/m1/s1. The predicted molar refractivity (Wildman–Crippen MR) is 130 cm³/mol. The minimum absolute atomic E-state index is 0.0650. The van der Waals surface area contributed by atoms with Crippen LogP contribution in [0.2, 0.25) is 0 Å². The highest BCUT2D eigenvalue weighted by atomic mass is 16.5. The first kappa shape index (κ1) is 23.0. The van der Waals surface area contributed by atoms with E-state index in [0.29, 0.717) is 61.6 Å². The van der Waals surface area contributed by atoms with Gasteiger partial charge in [-0.15, -0.1) is 0 Å². The van der Waals surface area contributed by atoms with Crippen LogP contribution in [-0.4, -0.2) is 54.8 Å². The van der Waals surface area contributed by atoms with Gasteiger partial charge in [-0.2, -0.15) is 0 Å². The Morgan fingerprint density at radius 1 is 0.943 bits per heavy atom. The lowest BCUT2D eigenvalue weighted by Gasteiger charge is -2.26. The minimum Gasteiger partial charge on any atom is -0.378 e. The fourth-order valence-corrected chi connectivity index (χ4v) is 4.93. The topological polar surface area (TPSA) is 96.0 Å². The van der Waals surface area contributed by atoms with Crippen molar-refractivity contribution >= 4 is 35.0 Å². The molecule has 0 aromatic heterocycles. The lowest BCUT2D eigenvalue weighted by Crippen LogP contribution is -2.40. The maximum Gasteiger partial charge on any atom is 0.255 e. The van der Waals surface area contributed by atoms with E-state index in [0.717, 1.165) is 5.57 Å². The third-order valence-electron chi connectivity index (χ3n) is 6.88. The van der Waals surface area contributed by atoms with Crippen LogP contribution >= 0.6 is 0 Å². The van der Waals surface area contributed by atoms with E-state index in [1.807, 2.05) is 13.0 Å². The number of benzene rings is 2. The van der Waals surface area contributed by atoms with Crippen LogP contribution in [0.3, 0.4) is 0 Å². The highest BCUT2D eigenvalue weighted by Gasteiger charge is 2.48. The van der Waals surface area contributed by atoms with Gasteiger partial charge in [0, 0.05) is 29.9 Å². The second kappa shape index (κ2) is 9.46. The fraction of sp³-hybridized carbons (Fsp3) is 0.333. The molecule has 2 aliphatic heterocycles. The average Bonchev–Trinajstić information content (AvgIpc) is 3.13. The molecule has 0 spiro atoms. The van der Waals surface area contributed by atoms with E-state index in [1.54, 1.807) is 53.4 Å². The Balaban J connectivity index is 1.28. The van der Waals surface area contributed by atoms with Gasteiger partial charge in [0.05, 0.1) is 30.7 Å². The molecule has 1 aliphatic carbocycles. The number of nitrogens with one attached hydrogen (secondary N) is 1. The summed E-state index contributed by atoms with van der Waals surface area (Å²) in [4.78, 5) is 54.5. The second-order valence-corrected chi connectivity index (χ2v) is 9.20. The van der Waals surface area contributed by atoms with E-state index in [2.05, 4.69) is 5.32 Å². The first-order valence-electron chi connectivity index (χ1n) is 11.8. The number of fused-ring (bicyclic) bond motifs is 1. The summed E-state index contributed by atoms with van der Waals surface area (Å²) in [7, 11) is 0. The van der Waals surface area contributed by atoms with Crippen molar-refractivity contribution in [2.45, 2.75) is 19.8 Å². The molecule has 3 aliphatic rings. The molecule has 2 atom stereocenters. The quantitative estimate of drug-likeness (QED) is 0.543. The minimum atomic E-state index is -0.367. The molecule has 2 aromatic rings. The monoisotopic (exact) mass is 473 g/mol. The molecule has 2 aromatic carbocycles. The molecule has 0 radical (unpaired) electrons. The molecule has 4 amide bonds. The van der Waals surface area contributed by atoms with Crippen molar-refractivity contribution in [2.75, 3.05) is 36.5 Å². The number of rotatable bonds is 4.